The van der Waals surface area contributed by atoms with Gasteiger partial charge in [-0.25, -0.2) is 9.78 Å². The van der Waals surface area contributed by atoms with E-state index in [9.17, 15) is 4.79 Å². The summed E-state index contributed by atoms with van der Waals surface area (Å²) in [7, 11) is 1.77. The van der Waals surface area contributed by atoms with Crippen LogP contribution in [0.1, 0.15) is 43.1 Å². The van der Waals surface area contributed by atoms with Gasteiger partial charge in [0.25, 0.3) is 0 Å². The summed E-state index contributed by atoms with van der Waals surface area (Å²) in [5.41, 5.74) is 2.62. The van der Waals surface area contributed by atoms with Crippen LogP contribution in [0.5, 0.6) is 0 Å². The highest BCUT2D eigenvalue weighted by Crippen LogP contribution is 2.38. The fourth-order valence-corrected chi connectivity index (χ4v) is 3.22. The molecule has 1 unspecified atom stereocenters. The minimum absolute atomic E-state index is 0.105. The number of benzene rings is 2. The lowest BCUT2D eigenvalue weighted by molar-refractivity contribution is 0.208. The Morgan fingerprint density at radius 2 is 2.00 bits per heavy atom. The van der Waals surface area contributed by atoms with Gasteiger partial charge in [0.2, 0.25) is 0 Å². The lowest BCUT2D eigenvalue weighted by atomic mass is 10.1. The summed E-state index contributed by atoms with van der Waals surface area (Å²) in [6.07, 6.45) is 2.36. The summed E-state index contributed by atoms with van der Waals surface area (Å²) >= 11 is 6.06. The molecule has 0 radical (unpaired) electrons. The molecule has 0 spiro atoms. The van der Waals surface area contributed by atoms with E-state index in [0.29, 0.717) is 16.8 Å². The van der Waals surface area contributed by atoms with Gasteiger partial charge in [0.1, 0.15) is 5.82 Å². The SMILES string of the molecule is CC(c1cccc(Cl)c1)N(C)C(=O)Nc1ccc(-c2n[nH]c(C3CC3)n2)cc1. The van der Waals surface area contributed by atoms with Crippen molar-refractivity contribution >= 4 is 23.3 Å². The number of urea groups is 1. The molecule has 1 aromatic heterocycles. The molecule has 4 rings (SSSR count). The lowest BCUT2D eigenvalue weighted by Crippen LogP contribution is -2.33. The molecule has 2 N–H and O–H groups in total. The monoisotopic (exact) mass is 395 g/mol. The van der Waals surface area contributed by atoms with Gasteiger partial charge in [-0.15, -0.1) is 0 Å². The fourth-order valence-electron chi connectivity index (χ4n) is 3.02. The summed E-state index contributed by atoms with van der Waals surface area (Å²) in [5, 5.41) is 10.9. The molecule has 0 bridgehead atoms. The zero-order valence-electron chi connectivity index (χ0n) is 15.8. The van der Waals surface area contributed by atoms with Crippen LogP contribution in [0.15, 0.2) is 48.5 Å². The van der Waals surface area contributed by atoms with Crippen molar-refractivity contribution < 1.29 is 4.79 Å². The van der Waals surface area contributed by atoms with Gasteiger partial charge in [-0.1, -0.05) is 23.7 Å². The van der Waals surface area contributed by atoms with Crippen LogP contribution in [0.4, 0.5) is 10.5 Å². The minimum atomic E-state index is -0.186. The van der Waals surface area contributed by atoms with Crippen LogP contribution in [0.3, 0.4) is 0 Å². The molecule has 0 saturated heterocycles. The molecule has 1 aliphatic rings. The number of hydrogen-bond donors (Lipinski definition) is 2. The first-order chi connectivity index (χ1) is 13.5. The number of aromatic nitrogens is 3. The Bertz CT molecular complexity index is 980. The minimum Gasteiger partial charge on any atom is -0.321 e. The molecule has 0 aliphatic heterocycles. The van der Waals surface area contributed by atoms with Crippen LogP contribution in [-0.2, 0) is 0 Å². The molecule has 3 aromatic rings. The van der Waals surface area contributed by atoms with Gasteiger partial charge in [-0.3, -0.25) is 5.10 Å². The summed E-state index contributed by atoms with van der Waals surface area (Å²) in [4.78, 5) is 18.8. The van der Waals surface area contributed by atoms with Gasteiger partial charge < -0.3 is 10.2 Å². The van der Waals surface area contributed by atoms with E-state index in [1.807, 2.05) is 55.5 Å². The molecule has 2 amide bonds. The number of carbonyl (C=O) groups is 1. The number of amides is 2. The highest BCUT2D eigenvalue weighted by molar-refractivity contribution is 6.30. The Hall–Kier alpha value is -2.86. The Kier molecular flexibility index (Phi) is 5.05. The molecule has 1 saturated carbocycles. The van der Waals surface area contributed by atoms with Gasteiger partial charge in [0, 0.05) is 29.2 Å². The van der Waals surface area contributed by atoms with Crippen LogP contribution in [0.25, 0.3) is 11.4 Å². The summed E-state index contributed by atoms with van der Waals surface area (Å²) in [6.45, 7) is 1.97. The topological polar surface area (TPSA) is 73.9 Å². The number of nitrogens with one attached hydrogen (secondary N) is 2. The maximum Gasteiger partial charge on any atom is 0.322 e. The predicted octanol–water partition coefficient (Wildman–Crippen LogP) is 5.23. The zero-order chi connectivity index (χ0) is 19.7. The van der Waals surface area contributed by atoms with Crippen LogP contribution in [0, 0.1) is 0 Å². The summed E-state index contributed by atoms with van der Waals surface area (Å²) in [5.74, 6) is 2.19. The van der Waals surface area contributed by atoms with Crippen molar-refractivity contribution in [3.63, 3.8) is 0 Å². The average Bonchev–Trinajstić information content (AvgIpc) is 3.44. The predicted molar refractivity (Wildman–Crippen MR) is 110 cm³/mol. The van der Waals surface area contributed by atoms with E-state index in [-0.39, 0.29) is 12.1 Å². The molecule has 1 atom stereocenters. The summed E-state index contributed by atoms with van der Waals surface area (Å²) in [6, 6.07) is 14.8. The van der Waals surface area contributed by atoms with Crippen LogP contribution in [-0.4, -0.2) is 33.2 Å². The van der Waals surface area contributed by atoms with E-state index in [1.54, 1.807) is 11.9 Å². The number of rotatable bonds is 5. The van der Waals surface area contributed by atoms with Crippen molar-refractivity contribution in [2.75, 3.05) is 12.4 Å². The van der Waals surface area contributed by atoms with E-state index in [4.69, 9.17) is 11.6 Å². The molecule has 2 aromatic carbocycles. The third-order valence-corrected chi connectivity index (χ3v) is 5.33. The highest BCUT2D eigenvalue weighted by Gasteiger charge is 2.27. The third kappa shape index (κ3) is 4.02. The maximum absolute atomic E-state index is 12.6. The van der Waals surface area contributed by atoms with Gasteiger partial charge in [0.15, 0.2) is 5.82 Å². The number of nitrogens with zero attached hydrogens (tertiary/aromatic N) is 3. The van der Waals surface area contributed by atoms with Crippen molar-refractivity contribution in [1.29, 1.82) is 0 Å². The van der Waals surface area contributed by atoms with Crippen molar-refractivity contribution in [2.45, 2.75) is 31.7 Å². The van der Waals surface area contributed by atoms with Gasteiger partial charge in [-0.2, -0.15) is 5.10 Å². The van der Waals surface area contributed by atoms with Crippen LogP contribution >= 0.6 is 11.6 Å². The first-order valence-corrected chi connectivity index (χ1v) is 9.71. The molecular weight excluding hydrogens is 374 g/mol. The van der Waals surface area contributed by atoms with E-state index >= 15 is 0 Å². The number of hydrogen-bond acceptors (Lipinski definition) is 3. The van der Waals surface area contributed by atoms with Crippen molar-refractivity contribution in [2.24, 2.45) is 0 Å². The van der Waals surface area contributed by atoms with Crippen molar-refractivity contribution in [3.8, 4) is 11.4 Å². The number of anilines is 1. The number of H-pyrrole nitrogens is 1. The van der Waals surface area contributed by atoms with Crippen LogP contribution in [0.2, 0.25) is 5.02 Å². The molecule has 144 valence electrons. The Labute approximate surface area is 168 Å². The Morgan fingerprint density at radius 3 is 2.68 bits per heavy atom. The Morgan fingerprint density at radius 1 is 1.25 bits per heavy atom. The second kappa shape index (κ2) is 7.64. The van der Waals surface area contributed by atoms with E-state index < -0.39 is 0 Å². The van der Waals surface area contributed by atoms with E-state index in [0.717, 1.165) is 22.6 Å². The molecule has 28 heavy (non-hydrogen) atoms. The first-order valence-electron chi connectivity index (χ1n) is 9.33. The molecule has 1 fully saturated rings. The maximum atomic E-state index is 12.6. The van der Waals surface area contributed by atoms with Crippen molar-refractivity contribution in [1.82, 2.24) is 20.1 Å². The standard InChI is InChI=1S/C21H22ClN5O/c1-13(16-4-3-5-17(22)12-16)27(2)21(28)23-18-10-8-15(9-11-18)20-24-19(25-26-20)14-6-7-14/h3-5,8-14H,6-7H2,1-2H3,(H,23,28)(H,24,25,26). The fraction of sp³-hybridized carbons (Fsp3) is 0.286. The molecule has 7 heteroatoms. The largest absolute Gasteiger partial charge is 0.322 e. The zero-order valence-corrected chi connectivity index (χ0v) is 16.6. The van der Waals surface area contributed by atoms with E-state index in [1.165, 1.54) is 12.8 Å². The molecule has 1 aliphatic carbocycles. The molecule has 1 heterocycles. The van der Waals surface area contributed by atoms with Crippen LogP contribution < -0.4 is 5.32 Å². The number of aromatic amines is 1. The quantitative estimate of drug-likeness (QED) is 0.621. The third-order valence-electron chi connectivity index (χ3n) is 5.09. The lowest BCUT2D eigenvalue weighted by Gasteiger charge is -2.25. The highest BCUT2D eigenvalue weighted by atomic mass is 35.5. The Balaban J connectivity index is 1.41. The second-order valence-electron chi connectivity index (χ2n) is 7.17. The average molecular weight is 396 g/mol. The first kappa shape index (κ1) is 18.5. The molecule has 6 nitrogen and oxygen atoms in total. The summed E-state index contributed by atoms with van der Waals surface area (Å²) < 4.78 is 0. The smallest absolute Gasteiger partial charge is 0.321 e. The van der Waals surface area contributed by atoms with Gasteiger partial charge in [0.05, 0.1) is 6.04 Å². The normalized spacial score (nSPS) is 14.5. The molecular formula is C21H22ClN5O. The van der Waals surface area contributed by atoms with Crippen molar-refractivity contribution in [3.05, 3.63) is 64.9 Å². The number of halogens is 1. The van der Waals surface area contributed by atoms with Gasteiger partial charge >= 0.3 is 6.03 Å². The number of carbonyl (C=O) groups excluding carboxylic acids is 1. The van der Waals surface area contributed by atoms with Gasteiger partial charge in [-0.05, 0) is 61.7 Å². The second-order valence-corrected chi connectivity index (χ2v) is 7.60. The van der Waals surface area contributed by atoms with E-state index in [2.05, 4.69) is 20.5 Å².